The van der Waals surface area contributed by atoms with E-state index in [9.17, 15) is 8.78 Å². The highest BCUT2D eigenvalue weighted by atomic mass is 35.5. The van der Waals surface area contributed by atoms with Crippen molar-refractivity contribution in [3.63, 3.8) is 0 Å². The molecule has 8 heteroatoms. The minimum Gasteiger partial charge on any atom is -0.435 e. The summed E-state index contributed by atoms with van der Waals surface area (Å²) in [5.74, 6) is 0.417. The first-order valence-corrected chi connectivity index (χ1v) is 5.95. The molecule has 0 radical (unpaired) electrons. The molecule has 0 saturated heterocycles. The predicted octanol–water partition coefficient (Wildman–Crippen LogP) is 3.37. The first-order chi connectivity index (χ1) is 9.45. The summed E-state index contributed by atoms with van der Waals surface area (Å²) in [5.41, 5.74) is 7.34. The van der Waals surface area contributed by atoms with E-state index in [1.165, 1.54) is 12.1 Å². The molecule has 2 aromatic rings. The fourth-order valence-corrected chi connectivity index (χ4v) is 1.71. The number of aromatic nitrogens is 2. The number of halogens is 3. The second-order valence-corrected chi connectivity index (χ2v) is 4.21. The van der Waals surface area contributed by atoms with E-state index in [1.54, 1.807) is 19.1 Å². The molecule has 0 aliphatic heterocycles. The minimum absolute atomic E-state index is 0.0652. The molecular formula is C12H11ClF2N4O. The molecule has 0 aliphatic rings. The highest BCUT2D eigenvalue weighted by Crippen LogP contribution is 2.25. The van der Waals surface area contributed by atoms with E-state index in [1.807, 2.05) is 0 Å². The molecule has 106 valence electrons. The minimum atomic E-state index is -2.85. The molecule has 20 heavy (non-hydrogen) atoms. The normalized spacial score (nSPS) is 10.7. The van der Waals surface area contributed by atoms with Gasteiger partial charge in [0.1, 0.15) is 5.75 Å². The predicted molar refractivity (Wildman–Crippen MR) is 72.5 cm³/mol. The number of nitrogens with two attached hydrogens (primary N) is 1. The maximum absolute atomic E-state index is 12.0. The van der Waals surface area contributed by atoms with Crippen molar-refractivity contribution in [3.05, 3.63) is 35.2 Å². The van der Waals surface area contributed by atoms with Crippen LogP contribution in [-0.2, 0) is 0 Å². The van der Waals surface area contributed by atoms with Crippen molar-refractivity contribution in [1.82, 2.24) is 9.97 Å². The van der Waals surface area contributed by atoms with Gasteiger partial charge < -0.3 is 15.8 Å². The van der Waals surface area contributed by atoms with Crippen molar-refractivity contribution in [1.29, 1.82) is 0 Å². The Morgan fingerprint density at radius 3 is 2.50 bits per heavy atom. The Hall–Kier alpha value is -2.15. The Labute approximate surface area is 118 Å². The highest BCUT2D eigenvalue weighted by Gasteiger charge is 2.09. The van der Waals surface area contributed by atoms with E-state index in [2.05, 4.69) is 20.0 Å². The largest absolute Gasteiger partial charge is 0.435 e. The van der Waals surface area contributed by atoms with E-state index in [0.717, 1.165) is 0 Å². The van der Waals surface area contributed by atoms with Crippen molar-refractivity contribution in [2.45, 2.75) is 13.5 Å². The molecule has 0 amide bonds. The third kappa shape index (κ3) is 3.45. The number of nitrogens with zero attached hydrogens (tertiary/aromatic N) is 2. The Bertz CT molecular complexity index is 607. The monoisotopic (exact) mass is 300 g/mol. The number of rotatable bonds is 4. The van der Waals surface area contributed by atoms with Crippen LogP contribution in [0.4, 0.5) is 26.0 Å². The van der Waals surface area contributed by atoms with Crippen LogP contribution in [0.2, 0.25) is 5.28 Å². The van der Waals surface area contributed by atoms with Crippen molar-refractivity contribution in [3.8, 4) is 5.75 Å². The van der Waals surface area contributed by atoms with Gasteiger partial charge in [0.2, 0.25) is 5.28 Å². The van der Waals surface area contributed by atoms with Gasteiger partial charge in [-0.2, -0.15) is 13.8 Å². The molecule has 0 aliphatic carbocycles. The number of nitrogens with one attached hydrogen (secondary N) is 1. The fraction of sp³-hybridized carbons (Fsp3) is 0.167. The average Bonchev–Trinajstić information content (AvgIpc) is 2.37. The second-order valence-electron chi connectivity index (χ2n) is 3.87. The SMILES string of the molecule is Cc1nc(Cl)nc(Nc2ccc(OC(F)F)cc2)c1N. The summed E-state index contributed by atoms with van der Waals surface area (Å²) in [4.78, 5) is 7.87. The Morgan fingerprint density at radius 1 is 1.25 bits per heavy atom. The average molecular weight is 301 g/mol. The molecule has 0 atom stereocenters. The highest BCUT2D eigenvalue weighted by molar-refractivity contribution is 6.28. The van der Waals surface area contributed by atoms with Gasteiger partial charge in [-0.25, -0.2) is 4.98 Å². The number of anilines is 3. The van der Waals surface area contributed by atoms with Crippen LogP contribution in [0.1, 0.15) is 5.69 Å². The summed E-state index contributed by atoms with van der Waals surface area (Å²) in [7, 11) is 0. The summed E-state index contributed by atoms with van der Waals surface area (Å²) in [6, 6.07) is 5.92. The van der Waals surface area contributed by atoms with Crippen LogP contribution >= 0.6 is 11.6 Å². The van der Waals surface area contributed by atoms with Crippen LogP contribution in [0.15, 0.2) is 24.3 Å². The number of hydrogen-bond donors (Lipinski definition) is 2. The third-order valence-electron chi connectivity index (χ3n) is 2.45. The first kappa shape index (κ1) is 14.3. The van der Waals surface area contributed by atoms with Gasteiger partial charge in [0.25, 0.3) is 0 Å². The molecular weight excluding hydrogens is 290 g/mol. The van der Waals surface area contributed by atoms with E-state index in [4.69, 9.17) is 17.3 Å². The van der Waals surface area contributed by atoms with E-state index < -0.39 is 6.61 Å². The van der Waals surface area contributed by atoms with Crippen LogP contribution < -0.4 is 15.8 Å². The molecule has 5 nitrogen and oxygen atoms in total. The Balaban J connectivity index is 2.18. The van der Waals surface area contributed by atoms with Crippen LogP contribution in [0.5, 0.6) is 5.75 Å². The number of aryl methyl sites for hydroxylation is 1. The van der Waals surface area contributed by atoms with Gasteiger partial charge in [-0.3, -0.25) is 0 Å². The van der Waals surface area contributed by atoms with Gasteiger partial charge in [-0.05, 0) is 42.8 Å². The summed E-state index contributed by atoms with van der Waals surface area (Å²) in [5, 5.41) is 3.00. The maximum Gasteiger partial charge on any atom is 0.387 e. The number of benzene rings is 1. The van der Waals surface area contributed by atoms with Crippen molar-refractivity contribution in [2.24, 2.45) is 0 Å². The molecule has 2 rings (SSSR count). The Kier molecular flexibility index (Phi) is 4.19. The van der Waals surface area contributed by atoms with Crippen molar-refractivity contribution >= 4 is 28.8 Å². The standard InChI is InChI=1S/C12H11ClF2N4O/c1-6-9(16)10(19-11(13)17-6)18-7-2-4-8(5-3-7)20-12(14)15/h2-5,12H,16H2,1H3,(H,17,18,19). The lowest BCUT2D eigenvalue weighted by Crippen LogP contribution is -2.04. The smallest absolute Gasteiger partial charge is 0.387 e. The lowest BCUT2D eigenvalue weighted by Gasteiger charge is -2.11. The number of nitrogen functional groups attached to an aromatic ring is 1. The zero-order valence-corrected chi connectivity index (χ0v) is 11.2. The third-order valence-corrected chi connectivity index (χ3v) is 2.62. The molecule has 0 bridgehead atoms. The van der Waals surface area contributed by atoms with Gasteiger partial charge in [0, 0.05) is 5.69 Å². The quantitative estimate of drug-likeness (QED) is 0.847. The number of alkyl halides is 2. The number of ether oxygens (including phenoxy) is 1. The van der Waals surface area contributed by atoms with Crippen LogP contribution in [0, 0.1) is 6.92 Å². The molecule has 0 spiro atoms. The lowest BCUT2D eigenvalue weighted by atomic mass is 10.3. The Morgan fingerprint density at radius 2 is 1.90 bits per heavy atom. The molecule has 0 saturated carbocycles. The van der Waals surface area contributed by atoms with E-state index in [-0.39, 0.29) is 11.0 Å². The maximum atomic E-state index is 12.0. The topological polar surface area (TPSA) is 73.1 Å². The zero-order valence-electron chi connectivity index (χ0n) is 10.4. The molecule has 0 fully saturated rings. The summed E-state index contributed by atoms with van der Waals surface area (Å²) >= 11 is 5.75. The van der Waals surface area contributed by atoms with E-state index >= 15 is 0 Å². The van der Waals surface area contributed by atoms with Gasteiger partial charge >= 0.3 is 6.61 Å². The summed E-state index contributed by atoms with van der Waals surface area (Å²) in [6.07, 6.45) is 0. The van der Waals surface area contributed by atoms with Crippen molar-refractivity contribution in [2.75, 3.05) is 11.1 Å². The molecule has 1 aromatic heterocycles. The van der Waals surface area contributed by atoms with Crippen LogP contribution in [0.3, 0.4) is 0 Å². The molecule has 1 aromatic carbocycles. The molecule has 0 unspecified atom stereocenters. The fourth-order valence-electron chi connectivity index (χ4n) is 1.50. The van der Waals surface area contributed by atoms with Gasteiger partial charge in [-0.15, -0.1) is 0 Å². The van der Waals surface area contributed by atoms with Gasteiger partial charge in [0.15, 0.2) is 5.82 Å². The van der Waals surface area contributed by atoms with Crippen LogP contribution in [-0.4, -0.2) is 16.6 Å². The second kappa shape index (κ2) is 5.87. The summed E-state index contributed by atoms with van der Waals surface area (Å²) < 4.78 is 28.3. The number of hydrogen-bond acceptors (Lipinski definition) is 5. The zero-order chi connectivity index (χ0) is 14.7. The summed E-state index contributed by atoms with van der Waals surface area (Å²) in [6.45, 7) is -1.15. The van der Waals surface area contributed by atoms with Gasteiger partial charge in [0.05, 0.1) is 11.4 Å². The molecule has 1 heterocycles. The van der Waals surface area contributed by atoms with E-state index in [0.29, 0.717) is 22.9 Å². The van der Waals surface area contributed by atoms with Crippen LogP contribution in [0.25, 0.3) is 0 Å². The van der Waals surface area contributed by atoms with Gasteiger partial charge in [-0.1, -0.05) is 0 Å². The molecule has 3 N–H and O–H groups in total. The lowest BCUT2D eigenvalue weighted by molar-refractivity contribution is -0.0498. The first-order valence-electron chi connectivity index (χ1n) is 5.57. The van der Waals surface area contributed by atoms with Crippen molar-refractivity contribution < 1.29 is 13.5 Å².